The largest absolute Gasteiger partial charge is 0.394 e. The highest BCUT2D eigenvalue weighted by Gasteiger charge is 2.18. The molecule has 360 valence electrons. The Hall–Kier alpha value is -1.39. The van der Waals surface area contributed by atoms with Crippen molar-refractivity contribution in [3.05, 3.63) is 36.5 Å². The highest BCUT2D eigenvalue weighted by atomic mass is 16.3. The zero-order valence-corrected chi connectivity index (χ0v) is 41.4. The van der Waals surface area contributed by atoms with Gasteiger partial charge in [-0.25, -0.2) is 0 Å². The molecule has 0 fully saturated rings. The van der Waals surface area contributed by atoms with Crippen LogP contribution in [0.25, 0.3) is 0 Å². The molecule has 1 amide bonds. The summed E-state index contributed by atoms with van der Waals surface area (Å²) in [6.07, 6.45) is 71.6. The first kappa shape index (κ1) is 59.6. The smallest absolute Gasteiger partial charge is 0.220 e. The number of aliphatic hydroxyl groups is 2. The molecule has 0 aliphatic heterocycles. The highest BCUT2D eigenvalue weighted by molar-refractivity contribution is 5.76. The standard InChI is InChI=1S/C57H109NO3/c1-3-5-7-9-11-13-15-17-19-21-23-25-27-28-29-30-31-33-35-37-39-41-43-45-47-49-51-53-57(61)58-55(54-59)56(60)52-50-48-46-44-42-40-38-36-34-32-26-24-22-20-18-16-14-12-10-8-6-4-2/h34,36,42,44,50,52,55-56,59-60H,3-33,35,37-41,43,45-49,51,53-54H2,1-2H3,(H,58,61)/b36-34+,44-42+,52-50+. The summed E-state index contributed by atoms with van der Waals surface area (Å²) in [7, 11) is 0. The van der Waals surface area contributed by atoms with Crippen molar-refractivity contribution >= 4 is 5.91 Å². The Balaban J connectivity index is 3.52. The molecule has 2 unspecified atom stereocenters. The minimum absolute atomic E-state index is 0.0721. The van der Waals surface area contributed by atoms with Crippen molar-refractivity contribution < 1.29 is 15.0 Å². The number of nitrogens with one attached hydrogen (secondary N) is 1. The van der Waals surface area contributed by atoms with Gasteiger partial charge < -0.3 is 15.5 Å². The van der Waals surface area contributed by atoms with Gasteiger partial charge >= 0.3 is 0 Å². The van der Waals surface area contributed by atoms with Crippen molar-refractivity contribution in [3.63, 3.8) is 0 Å². The van der Waals surface area contributed by atoms with Gasteiger partial charge in [0.2, 0.25) is 5.91 Å². The Morgan fingerprint density at radius 2 is 0.639 bits per heavy atom. The first-order valence-electron chi connectivity index (χ1n) is 27.7. The SMILES string of the molecule is CCCCCCCCCCCCCC/C=C/CC/C=C/CC/C=C/C(O)C(CO)NC(=O)CCCCCCCCCCCCCCCCCCCCCCCCCCCCC. The molecule has 0 aromatic carbocycles. The van der Waals surface area contributed by atoms with E-state index in [1.54, 1.807) is 6.08 Å². The Morgan fingerprint density at radius 3 is 0.951 bits per heavy atom. The molecule has 3 N–H and O–H groups in total. The minimum atomic E-state index is -0.869. The average molecular weight is 857 g/mol. The fourth-order valence-electron chi connectivity index (χ4n) is 8.63. The molecule has 0 radical (unpaired) electrons. The Kier molecular flexibility index (Phi) is 51.7. The summed E-state index contributed by atoms with van der Waals surface area (Å²) in [5, 5.41) is 23.1. The molecule has 0 saturated carbocycles. The lowest BCUT2D eigenvalue weighted by Gasteiger charge is -2.19. The maximum atomic E-state index is 12.5. The van der Waals surface area contributed by atoms with Crippen LogP contribution in [0.5, 0.6) is 0 Å². The van der Waals surface area contributed by atoms with E-state index in [1.807, 2.05) is 6.08 Å². The van der Waals surface area contributed by atoms with Crippen molar-refractivity contribution in [2.24, 2.45) is 0 Å². The van der Waals surface area contributed by atoms with Crippen molar-refractivity contribution in [2.75, 3.05) is 6.61 Å². The lowest BCUT2D eigenvalue weighted by atomic mass is 10.0. The predicted octanol–water partition coefficient (Wildman–Crippen LogP) is 18.1. The Morgan fingerprint density at radius 1 is 0.377 bits per heavy atom. The average Bonchev–Trinajstić information content (AvgIpc) is 3.26. The van der Waals surface area contributed by atoms with Gasteiger partial charge in [-0.05, 0) is 44.9 Å². The van der Waals surface area contributed by atoms with Gasteiger partial charge in [-0.1, -0.05) is 288 Å². The van der Waals surface area contributed by atoms with Gasteiger partial charge in [0.05, 0.1) is 18.8 Å². The van der Waals surface area contributed by atoms with Crippen LogP contribution in [-0.2, 0) is 4.79 Å². The summed E-state index contributed by atoms with van der Waals surface area (Å²) < 4.78 is 0. The van der Waals surface area contributed by atoms with Crippen LogP contribution in [0.3, 0.4) is 0 Å². The fourth-order valence-corrected chi connectivity index (χ4v) is 8.63. The number of allylic oxidation sites excluding steroid dienone is 5. The molecule has 0 aliphatic carbocycles. The highest BCUT2D eigenvalue weighted by Crippen LogP contribution is 2.17. The van der Waals surface area contributed by atoms with E-state index in [2.05, 4.69) is 43.5 Å². The van der Waals surface area contributed by atoms with Crippen LogP contribution < -0.4 is 5.32 Å². The minimum Gasteiger partial charge on any atom is -0.394 e. The lowest BCUT2D eigenvalue weighted by molar-refractivity contribution is -0.123. The van der Waals surface area contributed by atoms with Gasteiger partial charge in [-0.15, -0.1) is 0 Å². The van der Waals surface area contributed by atoms with Crippen LogP contribution >= 0.6 is 0 Å². The number of unbranched alkanes of at least 4 members (excludes halogenated alkanes) is 40. The molecule has 0 spiro atoms. The summed E-state index contributed by atoms with van der Waals surface area (Å²) in [5.41, 5.74) is 0. The monoisotopic (exact) mass is 856 g/mol. The molecular weight excluding hydrogens is 747 g/mol. The van der Waals surface area contributed by atoms with E-state index >= 15 is 0 Å². The molecule has 4 heteroatoms. The Labute approximate surface area is 382 Å². The first-order chi connectivity index (χ1) is 30.2. The van der Waals surface area contributed by atoms with Crippen LogP contribution in [0.4, 0.5) is 0 Å². The summed E-state index contributed by atoms with van der Waals surface area (Å²) >= 11 is 0. The van der Waals surface area contributed by atoms with Crippen molar-refractivity contribution in [1.29, 1.82) is 0 Å². The normalized spacial score (nSPS) is 13.0. The molecule has 0 rings (SSSR count). The molecule has 0 aliphatic rings. The van der Waals surface area contributed by atoms with E-state index in [4.69, 9.17) is 0 Å². The Bertz CT molecular complexity index is 928. The first-order valence-corrected chi connectivity index (χ1v) is 27.7. The molecule has 0 aromatic rings. The second-order valence-electron chi connectivity index (χ2n) is 19.0. The van der Waals surface area contributed by atoms with E-state index in [9.17, 15) is 15.0 Å². The topological polar surface area (TPSA) is 69.6 Å². The molecule has 0 aromatic heterocycles. The van der Waals surface area contributed by atoms with Gasteiger partial charge in [-0.3, -0.25) is 4.79 Å². The number of carbonyl (C=O) groups is 1. The second kappa shape index (κ2) is 53.0. The van der Waals surface area contributed by atoms with Gasteiger partial charge in [0.25, 0.3) is 0 Å². The number of amides is 1. The number of hydrogen-bond donors (Lipinski definition) is 3. The molecule has 0 heterocycles. The van der Waals surface area contributed by atoms with Gasteiger partial charge in [-0.2, -0.15) is 0 Å². The third-order valence-electron chi connectivity index (χ3n) is 12.9. The number of carbonyl (C=O) groups excluding carboxylic acids is 1. The molecule has 61 heavy (non-hydrogen) atoms. The van der Waals surface area contributed by atoms with Gasteiger partial charge in [0, 0.05) is 6.42 Å². The van der Waals surface area contributed by atoms with E-state index in [0.717, 1.165) is 38.5 Å². The van der Waals surface area contributed by atoms with Crippen LogP contribution in [-0.4, -0.2) is 34.9 Å². The summed E-state index contributed by atoms with van der Waals surface area (Å²) in [6, 6.07) is -0.644. The predicted molar refractivity (Wildman–Crippen MR) is 272 cm³/mol. The summed E-state index contributed by atoms with van der Waals surface area (Å²) in [5.74, 6) is -0.0721. The number of rotatable bonds is 51. The van der Waals surface area contributed by atoms with E-state index in [-0.39, 0.29) is 12.5 Å². The quantitative estimate of drug-likeness (QED) is 0.0422. The van der Waals surface area contributed by atoms with Crippen LogP contribution in [0, 0.1) is 0 Å². The lowest BCUT2D eigenvalue weighted by Crippen LogP contribution is -2.45. The molecule has 4 nitrogen and oxygen atoms in total. The molecule has 2 atom stereocenters. The summed E-state index contributed by atoms with van der Waals surface area (Å²) in [6.45, 7) is 4.33. The van der Waals surface area contributed by atoms with Crippen molar-refractivity contribution in [3.8, 4) is 0 Å². The summed E-state index contributed by atoms with van der Waals surface area (Å²) in [4.78, 5) is 12.5. The third-order valence-corrected chi connectivity index (χ3v) is 12.9. The second-order valence-corrected chi connectivity index (χ2v) is 19.0. The number of aliphatic hydroxyl groups excluding tert-OH is 2. The molecule has 0 saturated heterocycles. The third kappa shape index (κ3) is 49.5. The van der Waals surface area contributed by atoms with Crippen LogP contribution in [0.15, 0.2) is 36.5 Å². The maximum Gasteiger partial charge on any atom is 0.220 e. The van der Waals surface area contributed by atoms with E-state index in [1.165, 1.54) is 244 Å². The zero-order chi connectivity index (χ0) is 44.2. The molecule has 0 bridgehead atoms. The van der Waals surface area contributed by atoms with E-state index in [0.29, 0.717) is 6.42 Å². The van der Waals surface area contributed by atoms with Crippen molar-refractivity contribution in [1.82, 2.24) is 5.32 Å². The van der Waals surface area contributed by atoms with Gasteiger partial charge in [0.1, 0.15) is 0 Å². The van der Waals surface area contributed by atoms with E-state index < -0.39 is 12.1 Å². The van der Waals surface area contributed by atoms with Gasteiger partial charge in [0.15, 0.2) is 0 Å². The maximum absolute atomic E-state index is 12.5. The fraction of sp³-hybridized carbons (Fsp3) is 0.877. The van der Waals surface area contributed by atoms with Crippen LogP contribution in [0.1, 0.15) is 303 Å². The number of hydrogen-bond acceptors (Lipinski definition) is 3. The molecular formula is C57H109NO3. The van der Waals surface area contributed by atoms with Crippen LogP contribution in [0.2, 0.25) is 0 Å². The van der Waals surface area contributed by atoms with Crippen molar-refractivity contribution in [2.45, 2.75) is 315 Å². The zero-order valence-electron chi connectivity index (χ0n) is 41.4.